The fraction of sp³-hybridized carbons (Fsp3) is 0.0882. The summed E-state index contributed by atoms with van der Waals surface area (Å²) in [7, 11) is 0. The summed E-state index contributed by atoms with van der Waals surface area (Å²) in [4.78, 5) is 43.6. The number of H-pyrrole nitrogens is 1. The quantitative estimate of drug-likeness (QED) is 0.0907. The van der Waals surface area contributed by atoms with E-state index in [1.54, 1.807) is 66.7 Å². The number of amides is 3. The van der Waals surface area contributed by atoms with Crippen LogP contribution in [0.2, 0.25) is 10.0 Å². The number of rotatable bonds is 10. The molecule has 1 atom stereocenters. The fourth-order valence-electron chi connectivity index (χ4n) is 4.40. The third-order valence-corrected chi connectivity index (χ3v) is 8.57. The zero-order chi connectivity index (χ0) is 31.1. The third kappa shape index (κ3) is 7.90. The summed E-state index contributed by atoms with van der Waals surface area (Å²) in [5.74, 6) is -1.12. The van der Waals surface area contributed by atoms with E-state index in [2.05, 4.69) is 20.9 Å². The van der Waals surface area contributed by atoms with Gasteiger partial charge < -0.3 is 20.9 Å². The molecule has 222 valence electrons. The van der Waals surface area contributed by atoms with Gasteiger partial charge in [-0.1, -0.05) is 66.5 Å². The van der Waals surface area contributed by atoms with E-state index in [1.807, 2.05) is 43.5 Å². The van der Waals surface area contributed by atoms with E-state index in [0.29, 0.717) is 39.0 Å². The van der Waals surface area contributed by atoms with Crippen molar-refractivity contribution in [3.05, 3.63) is 130 Å². The molecule has 3 amide bonds. The molecule has 0 saturated heterocycles. The number of benzene rings is 4. The molecule has 0 radical (unpaired) electrons. The standard InChI is InChI=1S/C34H28Cl2N4O3S/c1-2-31(34(43)39-26-14-12-21-15-16-37-29(21)20-26)44-27-10-6-9-25(19-27)38-33(42)30(17-23-11-13-24(35)18-28(23)36)40-32(41)22-7-4-3-5-8-22/h3-20,31,37H,2H2,1H3,(H,38,42)(H,39,43)(H,40,41)/b30-17+. The Labute approximate surface area is 269 Å². The zero-order valence-electron chi connectivity index (χ0n) is 23.6. The van der Waals surface area contributed by atoms with Crippen molar-refractivity contribution >= 4 is 81.0 Å². The lowest BCUT2D eigenvalue weighted by atomic mass is 10.1. The molecule has 5 aromatic rings. The molecule has 0 aliphatic rings. The Bertz CT molecular complexity index is 1860. The minimum absolute atomic E-state index is 0.00835. The van der Waals surface area contributed by atoms with Crippen LogP contribution in [0.4, 0.5) is 11.4 Å². The SMILES string of the molecule is CCC(Sc1cccc(NC(=O)/C(=C\c2ccc(Cl)cc2Cl)NC(=O)c2ccccc2)c1)C(=O)Nc1ccc2cc[nH]c2c1. The second-order valence-electron chi connectivity index (χ2n) is 9.81. The van der Waals surface area contributed by atoms with E-state index in [-0.39, 0.29) is 16.9 Å². The lowest BCUT2D eigenvalue weighted by Gasteiger charge is -2.16. The van der Waals surface area contributed by atoms with Crippen molar-refractivity contribution in [3.63, 3.8) is 0 Å². The van der Waals surface area contributed by atoms with E-state index in [9.17, 15) is 14.4 Å². The Balaban J connectivity index is 1.31. The van der Waals surface area contributed by atoms with Crippen LogP contribution >= 0.6 is 35.0 Å². The van der Waals surface area contributed by atoms with Crippen molar-refractivity contribution in [1.82, 2.24) is 10.3 Å². The summed E-state index contributed by atoms with van der Waals surface area (Å²) < 4.78 is 0. The average molecular weight is 644 g/mol. The molecular formula is C34H28Cl2N4O3S. The van der Waals surface area contributed by atoms with E-state index in [1.165, 1.54) is 17.8 Å². The van der Waals surface area contributed by atoms with Gasteiger partial charge in [0.1, 0.15) is 5.70 Å². The van der Waals surface area contributed by atoms with Crippen molar-refractivity contribution in [2.24, 2.45) is 0 Å². The first kappa shape index (κ1) is 30.9. The number of fused-ring (bicyclic) bond motifs is 1. The molecule has 0 aliphatic carbocycles. The van der Waals surface area contributed by atoms with Gasteiger partial charge in [0.2, 0.25) is 5.91 Å². The molecule has 7 nitrogen and oxygen atoms in total. The highest BCUT2D eigenvalue weighted by molar-refractivity contribution is 8.00. The van der Waals surface area contributed by atoms with E-state index in [0.717, 1.165) is 15.8 Å². The lowest BCUT2D eigenvalue weighted by molar-refractivity contribution is -0.116. The Morgan fingerprint density at radius 2 is 1.66 bits per heavy atom. The number of hydrogen-bond donors (Lipinski definition) is 4. The number of aromatic nitrogens is 1. The topological polar surface area (TPSA) is 103 Å². The molecule has 1 heterocycles. The molecule has 0 spiro atoms. The van der Waals surface area contributed by atoms with Gasteiger partial charge in [-0.2, -0.15) is 0 Å². The highest BCUT2D eigenvalue weighted by Crippen LogP contribution is 2.29. The van der Waals surface area contributed by atoms with Crippen molar-refractivity contribution < 1.29 is 14.4 Å². The van der Waals surface area contributed by atoms with E-state index in [4.69, 9.17) is 23.2 Å². The summed E-state index contributed by atoms with van der Waals surface area (Å²) in [6, 6.07) is 28.3. The molecule has 1 unspecified atom stereocenters. The maximum Gasteiger partial charge on any atom is 0.272 e. The number of carbonyl (C=O) groups excluding carboxylic acids is 3. The smallest absolute Gasteiger partial charge is 0.272 e. The highest BCUT2D eigenvalue weighted by atomic mass is 35.5. The highest BCUT2D eigenvalue weighted by Gasteiger charge is 2.20. The Hall–Kier alpha value is -4.50. The second kappa shape index (κ2) is 14.3. The van der Waals surface area contributed by atoms with E-state index >= 15 is 0 Å². The fourth-order valence-corrected chi connectivity index (χ4v) is 5.87. The lowest BCUT2D eigenvalue weighted by Crippen LogP contribution is -2.30. The molecule has 0 bridgehead atoms. The second-order valence-corrected chi connectivity index (χ2v) is 11.9. The Kier molecular flexibility index (Phi) is 10.1. The predicted molar refractivity (Wildman–Crippen MR) is 180 cm³/mol. The average Bonchev–Trinajstić information content (AvgIpc) is 3.49. The third-order valence-electron chi connectivity index (χ3n) is 6.65. The van der Waals surface area contributed by atoms with Gasteiger partial charge in [-0.05, 0) is 84.1 Å². The van der Waals surface area contributed by atoms with Crippen LogP contribution in [-0.2, 0) is 9.59 Å². The zero-order valence-corrected chi connectivity index (χ0v) is 25.9. The van der Waals surface area contributed by atoms with Gasteiger partial charge in [0, 0.05) is 43.6 Å². The molecule has 0 aliphatic heterocycles. The number of anilines is 2. The van der Waals surface area contributed by atoms with Gasteiger partial charge in [0.15, 0.2) is 0 Å². The van der Waals surface area contributed by atoms with Crippen LogP contribution in [0, 0.1) is 0 Å². The molecule has 4 N–H and O–H groups in total. The maximum absolute atomic E-state index is 13.5. The number of halogens is 2. The van der Waals surface area contributed by atoms with Crippen molar-refractivity contribution in [1.29, 1.82) is 0 Å². The number of nitrogens with one attached hydrogen (secondary N) is 4. The van der Waals surface area contributed by atoms with Crippen LogP contribution in [-0.4, -0.2) is 28.0 Å². The minimum Gasteiger partial charge on any atom is -0.361 e. The van der Waals surface area contributed by atoms with Crippen molar-refractivity contribution in [2.45, 2.75) is 23.5 Å². The molecule has 0 fully saturated rings. The van der Waals surface area contributed by atoms with Crippen LogP contribution in [0.3, 0.4) is 0 Å². The van der Waals surface area contributed by atoms with Gasteiger partial charge in [-0.15, -0.1) is 11.8 Å². The monoisotopic (exact) mass is 642 g/mol. The first-order chi connectivity index (χ1) is 21.3. The minimum atomic E-state index is -0.549. The van der Waals surface area contributed by atoms with Crippen molar-refractivity contribution in [2.75, 3.05) is 10.6 Å². The molecular weight excluding hydrogens is 615 g/mol. The first-order valence-electron chi connectivity index (χ1n) is 13.8. The Morgan fingerprint density at radius 3 is 2.43 bits per heavy atom. The maximum atomic E-state index is 13.5. The van der Waals surface area contributed by atoms with Gasteiger partial charge >= 0.3 is 0 Å². The van der Waals surface area contributed by atoms with Crippen LogP contribution in [0.25, 0.3) is 17.0 Å². The molecule has 0 saturated carbocycles. The van der Waals surface area contributed by atoms with Crippen LogP contribution in [0.5, 0.6) is 0 Å². The number of hydrogen-bond acceptors (Lipinski definition) is 4. The van der Waals surface area contributed by atoms with Gasteiger partial charge in [-0.3, -0.25) is 14.4 Å². The van der Waals surface area contributed by atoms with Gasteiger partial charge in [-0.25, -0.2) is 0 Å². The van der Waals surface area contributed by atoms with Crippen LogP contribution < -0.4 is 16.0 Å². The van der Waals surface area contributed by atoms with Gasteiger partial charge in [0.25, 0.3) is 11.8 Å². The van der Waals surface area contributed by atoms with E-state index < -0.39 is 11.8 Å². The summed E-state index contributed by atoms with van der Waals surface area (Å²) in [6.45, 7) is 1.95. The summed E-state index contributed by atoms with van der Waals surface area (Å²) in [6.07, 6.45) is 3.95. The van der Waals surface area contributed by atoms with Crippen molar-refractivity contribution in [3.8, 4) is 0 Å². The first-order valence-corrected chi connectivity index (χ1v) is 15.4. The van der Waals surface area contributed by atoms with Crippen LogP contribution in [0.1, 0.15) is 29.3 Å². The summed E-state index contributed by atoms with van der Waals surface area (Å²) >= 11 is 13.8. The largest absolute Gasteiger partial charge is 0.361 e. The molecule has 5 rings (SSSR count). The predicted octanol–water partition coefficient (Wildman–Crippen LogP) is 8.39. The normalized spacial score (nSPS) is 12.0. The summed E-state index contributed by atoms with van der Waals surface area (Å²) in [5.41, 5.74) is 3.04. The van der Waals surface area contributed by atoms with Crippen LogP contribution in [0.15, 0.2) is 114 Å². The molecule has 1 aromatic heterocycles. The number of thioether (sulfide) groups is 1. The number of carbonyl (C=O) groups is 3. The molecule has 44 heavy (non-hydrogen) atoms. The molecule has 4 aromatic carbocycles. The summed E-state index contributed by atoms with van der Waals surface area (Å²) in [5, 5.41) is 10.0. The molecule has 10 heteroatoms. The van der Waals surface area contributed by atoms with Gasteiger partial charge in [0.05, 0.1) is 5.25 Å². The Morgan fingerprint density at radius 1 is 0.864 bits per heavy atom. The number of aromatic amines is 1.